The van der Waals surface area contributed by atoms with Gasteiger partial charge in [0, 0.05) is 6.54 Å². The number of amides is 2. The average Bonchev–Trinajstić information content (AvgIpc) is 3.13. The van der Waals surface area contributed by atoms with Crippen molar-refractivity contribution >= 4 is 17.8 Å². The van der Waals surface area contributed by atoms with E-state index in [0.29, 0.717) is 12.5 Å². The number of alkyl halides is 3. The van der Waals surface area contributed by atoms with Gasteiger partial charge in [0.15, 0.2) is 0 Å². The Balaban J connectivity index is 1.82. The monoisotopic (exact) mass is 411 g/mol. The summed E-state index contributed by atoms with van der Waals surface area (Å²) >= 11 is 0. The summed E-state index contributed by atoms with van der Waals surface area (Å²) < 4.78 is 39.7. The van der Waals surface area contributed by atoms with Gasteiger partial charge in [-0.3, -0.25) is 14.5 Å². The Labute approximate surface area is 166 Å². The minimum atomic E-state index is -4.73. The van der Waals surface area contributed by atoms with Gasteiger partial charge in [-0.05, 0) is 36.1 Å². The van der Waals surface area contributed by atoms with E-state index < -0.39 is 46.9 Å². The smallest absolute Gasteiger partial charge is 0.416 e. The molecule has 1 fully saturated rings. The van der Waals surface area contributed by atoms with Gasteiger partial charge >= 0.3 is 12.1 Å². The first kappa shape index (κ1) is 21.3. The molecule has 1 heterocycles. The number of halogens is 3. The van der Waals surface area contributed by atoms with Gasteiger partial charge in [0.25, 0.3) is 0 Å². The molecule has 8 heteroatoms. The number of nitrogens with zero attached hydrogens (tertiary/aromatic N) is 1. The number of carbonyl (C=O) groups excluding carboxylic acids is 2. The Kier molecular flexibility index (Phi) is 6.00. The largest absolute Gasteiger partial charge is 0.478 e. The molecule has 158 valence electrons. The van der Waals surface area contributed by atoms with Gasteiger partial charge in [-0.2, -0.15) is 13.2 Å². The van der Waals surface area contributed by atoms with Crippen LogP contribution in [-0.2, 0) is 22.2 Å². The number of imide groups is 1. The van der Waals surface area contributed by atoms with Crippen molar-refractivity contribution in [3.63, 3.8) is 0 Å². The molecule has 0 bridgehead atoms. The van der Waals surface area contributed by atoms with Crippen molar-refractivity contribution in [3.05, 3.63) is 34.4 Å². The molecule has 1 N–H and O–H groups in total. The Hall–Kier alpha value is -2.38. The number of unbranched alkanes of at least 4 members (excludes halogenated alkanes) is 5. The van der Waals surface area contributed by atoms with Crippen LogP contribution < -0.4 is 0 Å². The fourth-order valence-corrected chi connectivity index (χ4v) is 4.39. The SMILES string of the molecule is CCCCCCCCN1C(=O)[C@@H]2Cc3c(C(=O)O)cc(C(F)(F)F)cc3[C@@H]2C1=O. The van der Waals surface area contributed by atoms with Crippen LogP contribution in [0.15, 0.2) is 12.1 Å². The lowest BCUT2D eigenvalue weighted by molar-refractivity contribution is -0.140. The highest BCUT2D eigenvalue weighted by Crippen LogP contribution is 2.47. The third-order valence-corrected chi connectivity index (χ3v) is 5.85. The number of carboxylic acid groups (broad SMARTS) is 1. The Bertz CT molecular complexity index is 834. The standard InChI is InChI=1S/C21H24F3NO4/c1-2-3-4-5-6-7-8-25-18(26)16-11-13-14(17(16)19(25)27)9-12(21(22,23)24)10-15(13)20(28)29/h9-10,16-17H,2-8,11H2,1H3,(H,28,29)/t16-,17+/m1/s1. The fourth-order valence-electron chi connectivity index (χ4n) is 4.39. The average molecular weight is 411 g/mol. The molecule has 0 aromatic heterocycles. The van der Waals surface area contributed by atoms with Gasteiger partial charge in [0.1, 0.15) is 0 Å². The Morgan fingerprint density at radius 1 is 1.10 bits per heavy atom. The minimum Gasteiger partial charge on any atom is -0.478 e. The van der Waals surface area contributed by atoms with Gasteiger partial charge in [-0.1, -0.05) is 39.0 Å². The second kappa shape index (κ2) is 8.16. The summed E-state index contributed by atoms with van der Waals surface area (Å²) in [7, 11) is 0. The first-order valence-corrected chi connectivity index (χ1v) is 9.99. The number of rotatable bonds is 8. The molecule has 1 aliphatic heterocycles. The normalized spacial score (nSPS) is 20.9. The van der Waals surface area contributed by atoms with Gasteiger partial charge in [-0.15, -0.1) is 0 Å². The molecule has 2 aliphatic rings. The summed E-state index contributed by atoms with van der Waals surface area (Å²) in [5.41, 5.74) is -1.39. The maximum absolute atomic E-state index is 13.2. The molecular weight excluding hydrogens is 387 g/mol. The van der Waals surface area contributed by atoms with Gasteiger partial charge in [0.05, 0.1) is 23.0 Å². The van der Waals surface area contributed by atoms with E-state index in [1.165, 1.54) is 0 Å². The number of hydrogen-bond donors (Lipinski definition) is 1. The molecule has 0 saturated carbocycles. The van der Waals surface area contributed by atoms with E-state index in [9.17, 15) is 32.7 Å². The predicted molar refractivity (Wildman–Crippen MR) is 98.4 cm³/mol. The molecule has 0 radical (unpaired) electrons. The van der Waals surface area contributed by atoms with Gasteiger partial charge in [0.2, 0.25) is 11.8 Å². The summed E-state index contributed by atoms with van der Waals surface area (Å²) in [6.07, 6.45) is 1.14. The number of hydrogen-bond acceptors (Lipinski definition) is 3. The number of carboxylic acids is 1. The van der Waals surface area contributed by atoms with Crippen molar-refractivity contribution in [2.75, 3.05) is 6.54 Å². The third-order valence-electron chi connectivity index (χ3n) is 5.85. The van der Waals surface area contributed by atoms with Crippen molar-refractivity contribution in [1.29, 1.82) is 0 Å². The van der Waals surface area contributed by atoms with E-state index in [1.807, 2.05) is 0 Å². The lowest BCUT2D eigenvalue weighted by Gasteiger charge is -2.18. The third kappa shape index (κ3) is 4.02. The van der Waals surface area contributed by atoms with Crippen molar-refractivity contribution in [1.82, 2.24) is 4.90 Å². The van der Waals surface area contributed by atoms with Gasteiger partial charge in [-0.25, -0.2) is 4.79 Å². The lowest BCUT2D eigenvalue weighted by atomic mass is 9.93. The lowest BCUT2D eigenvalue weighted by Crippen LogP contribution is -2.33. The van der Waals surface area contributed by atoms with E-state index in [1.54, 1.807) is 0 Å². The number of aromatic carboxylic acids is 1. The second-order valence-electron chi connectivity index (χ2n) is 7.78. The van der Waals surface area contributed by atoms with E-state index >= 15 is 0 Å². The predicted octanol–water partition coefficient (Wildman–Crippen LogP) is 4.39. The zero-order valence-electron chi connectivity index (χ0n) is 16.2. The molecule has 1 aliphatic carbocycles. The maximum Gasteiger partial charge on any atom is 0.416 e. The van der Waals surface area contributed by atoms with Gasteiger partial charge < -0.3 is 5.11 Å². The number of benzene rings is 1. The fraction of sp³-hybridized carbons (Fsp3) is 0.571. The molecule has 5 nitrogen and oxygen atoms in total. The summed E-state index contributed by atoms with van der Waals surface area (Å²) in [4.78, 5) is 38.2. The van der Waals surface area contributed by atoms with E-state index in [2.05, 4.69) is 6.92 Å². The molecule has 1 saturated heterocycles. The molecule has 2 atom stereocenters. The zero-order chi connectivity index (χ0) is 21.3. The summed E-state index contributed by atoms with van der Waals surface area (Å²) in [6, 6.07) is 1.43. The Morgan fingerprint density at radius 2 is 1.76 bits per heavy atom. The number of carbonyl (C=O) groups is 3. The molecule has 0 unspecified atom stereocenters. The quantitative estimate of drug-likeness (QED) is 0.509. The first-order valence-electron chi connectivity index (χ1n) is 9.99. The van der Waals surface area contributed by atoms with Crippen LogP contribution in [0.4, 0.5) is 13.2 Å². The highest BCUT2D eigenvalue weighted by Gasteiger charge is 2.53. The number of fused-ring (bicyclic) bond motifs is 3. The summed E-state index contributed by atoms with van der Waals surface area (Å²) in [6.45, 7) is 2.37. The number of likely N-dealkylation sites (tertiary alicyclic amines) is 1. The summed E-state index contributed by atoms with van der Waals surface area (Å²) in [5.74, 6) is -4.23. The molecule has 2 amide bonds. The van der Waals surface area contributed by atoms with Crippen LogP contribution in [0.5, 0.6) is 0 Å². The van der Waals surface area contributed by atoms with Crippen LogP contribution in [0.1, 0.15) is 78.4 Å². The molecule has 0 spiro atoms. The molecule has 1 aromatic carbocycles. The molecule has 1 aromatic rings. The second-order valence-corrected chi connectivity index (χ2v) is 7.78. The van der Waals surface area contributed by atoms with Crippen LogP contribution in [0, 0.1) is 5.92 Å². The first-order chi connectivity index (χ1) is 13.7. The topological polar surface area (TPSA) is 74.7 Å². The highest BCUT2D eigenvalue weighted by atomic mass is 19.4. The van der Waals surface area contributed by atoms with Crippen LogP contribution in [0.25, 0.3) is 0 Å². The molecular formula is C21H24F3NO4. The van der Waals surface area contributed by atoms with Crippen LogP contribution in [-0.4, -0.2) is 34.3 Å². The minimum absolute atomic E-state index is 0.0165. The maximum atomic E-state index is 13.2. The van der Waals surface area contributed by atoms with Crippen molar-refractivity contribution in [2.24, 2.45) is 5.92 Å². The van der Waals surface area contributed by atoms with Crippen LogP contribution in [0.3, 0.4) is 0 Å². The summed E-state index contributed by atoms with van der Waals surface area (Å²) in [5, 5.41) is 9.34. The molecule has 29 heavy (non-hydrogen) atoms. The van der Waals surface area contributed by atoms with E-state index in [0.717, 1.165) is 43.1 Å². The Morgan fingerprint density at radius 3 is 2.38 bits per heavy atom. The van der Waals surface area contributed by atoms with Crippen molar-refractivity contribution < 1.29 is 32.7 Å². The molecule has 3 rings (SSSR count). The van der Waals surface area contributed by atoms with Crippen molar-refractivity contribution in [2.45, 2.75) is 64.0 Å². The van der Waals surface area contributed by atoms with E-state index in [-0.39, 0.29) is 24.1 Å². The zero-order valence-corrected chi connectivity index (χ0v) is 16.2. The highest BCUT2D eigenvalue weighted by molar-refractivity contribution is 6.09. The van der Waals surface area contributed by atoms with Crippen LogP contribution >= 0.6 is 0 Å². The van der Waals surface area contributed by atoms with E-state index in [4.69, 9.17) is 0 Å². The van der Waals surface area contributed by atoms with Crippen LogP contribution in [0.2, 0.25) is 0 Å². The van der Waals surface area contributed by atoms with Crippen molar-refractivity contribution in [3.8, 4) is 0 Å².